The molecule has 1 N–H and O–H groups in total. The summed E-state index contributed by atoms with van der Waals surface area (Å²) in [5.74, 6) is 0. The fourth-order valence-electron chi connectivity index (χ4n) is 0.856. The van der Waals surface area contributed by atoms with E-state index in [0.29, 0.717) is 12.6 Å². The lowest BCUT2D eigenvalue weighted by atomic mass is 10.3. The van der Waals surface area contributed by atoms with Gasteiger partial charge in [-0.1, -0.05) is 0 Å². The molecule has 0 aromatic heterocycles. The molecule has 0 saturated heterocycles. The van der Waals surface area contributed by atoms with Crippen LogP contribution in [0.1, 0.15) is 20.3 Å². The van der Waals surface area contributed by atoms with Crippen LogP contribution in [0, 0.1) is 11.3 Å². The maximum Gasteiger partial charge on any atom is 0.0840 e. The first-order valence-electron chi connectivity index (χ1n) is 4.46. The van der Waals surface area contributed by atoms with E-state index in [4.69, 9.17) is 5.26 Å². The van der Waals surface area contributed by atoms with Crippen LogP contribution in [0.2, 0.25) is 0 Å². The molecule has 0 aliphatic rings. The number of hydrogen-bond donors (Lipinski definition) is 1. The summed E-state index contributed by atoms with van der Waals surface area (Å²) in [4.78, 5) is 2.30. The zero-order valence-corrected chi connectivity index (χ0v) is 8.30. The highest BCUT2D eigenvalue weighted by atomic mass is 15.1. The maximum atomic E-state index is 8.24. The van der Waals surface area contributed by atoms with Gasteiger partial charge in [-0.05, 0) is 40.4 Å². The van der Waals surface area contributed by atoms with E-state index in [-0.39, 0.29) is 0 Å². The SMILES string of the molecule is CC(C)N(C)CCCNCC#N. The molecule has 0 aliphatic heterocycles. The molecule has 0 aliphatic carbocycles. The Labute approximate surface area is 75.4 Å². The fourth-order valence-corrected chi connectivity index (χ4v) is 0.856. The summed E-state index contributed by atoms with van der Waals surface area (Å²) >= 11 is 0. The molecule has 0 aromatic carbocycles. The summed E-state index contributed by atoms with van der Waals surface area (Å²) in [6, 6.07) is 2.67. The predicted octanol–water partition coefficient (Wildman–Crippen LogP) is 0.830. The summed E-state index contributed by atoms with van der Waals surface area (Å²) < 4.78 is 0. The summed E-state index contributed by atoms with van der Waals surface area (Å²) in [5, 5.41) is 11.3. The Hall–Kier alpha value is -0.590. The Kier molecular flexibility index (Phi) is 6.73. The molecule has 0 amide bonds. The number of nitriles is 1. The minimum Gasteiger partial charge on any atom is -0.304 e. The van der Waals surface area contributed by atoms with Gasteiger partial charge < -0.3 is 10.2 Å². The quantitative estimate of drug-likeness (QED) is 0.473. The lowest BCUT2D eigenvalue weighted by molar-refractivity contribution is 0.270. The second-order valence-electron chi connectivity index (χ2n) is 3.26. The Morgan fingerprint density at radius 3 is 2.67 bits per heavy atom. The van der Waals surface area contributed by atoms with Crippen molar-refractivity contribution in [3.63, 3.8) is 0 Å². The Bertz CT molecular complexity index is 137. The van der Waals surface area contributed by atoms with Gasteiger partial charge in [-0.25, -0.2) is 0 Å². The van der Waals surface area contributed by atoms with Crippen LogP contribution < -0.4 is 5.32 Å². The molecule has 12 heavy (non-hydrogen) atoms. The molecule has 0 aromatic rings. The molecule has 0 rings (SSSR count). The van der Waals surface area contributed by atoms with Gasteiger partial charge in [0.25, 0.3) is 0 Å². The molecular weight excluding hydrogens is 150 g/mol. The van der Waals surface area contributed by atoms with Crippen LogP contribution in [0.5, 0.6) is 0 Å². The monoisotopic (exact) mass is 169 g/mol. The summed E-state index contributed by atoms with van der Waals surface area (Å²) in [7, 11) is 2.12. The topological polar surface area (TPSA) is 39.1 Å². The third-order valence-electron chi connectivity index (χ3n) is 1.95. The lowest BCUT2D eigenvalue weighted by Crippen LogP contribution is -2.29. The van der Waals surface area contributed by atoms with Crippen LogP contribution in [-0.2, 0) is 0 Å². The first-order chi connectivity index (χ1) is 5.68. The van der Waals surface area contributed by atoms with Gasteiger partial charge in [-0.2, -0.15) is 5.26 Å². The molecule has 0 unspecified atom stereocenters. The molecule has 0 bridgehead atoms. The van der Waals surface area contributed by atoms with Crippen molar-refractivity contribution < 1.29 is 0 Å². The third kappa shape index (κ3) is 6.14. The van der Waals surface area contributed by atoms with E-state index in [0.717, 1.165) is 19.5 Å². The standard InChI is InChI=1S/C9H19N3/c1-9(2)12(3)8-4-6-11-7-5-10/h9,11H,4,6-8H2,1-3H3. The van der Waals surface area contributed by atoms with E-state index in [2.05, 4.69) is 37.2 Å². The van der Waals surface area contributed by atoms with Gasteiger partial charge in [-0.15, -0.1) is 0 Å². The summed E-state index contributed by atoms with van der Waals surface area (Å²) in [6.07, 6.45) is 1.11. The van der Waals surface area contributed by atoms with Crippen molar-refractivity contribution in [2.24, 2.45) is 0 Å². The van der Waals surface area contributed by atoms with E-state index in [1.165, 1.54) is 0 Å². The van der Waals surface area contributed by atoms with Gasteiger partial charge in [-0.3, -0.25) is 0 Å². The minimum absolute atomic E-state index is 0.464. The highest BCUT2D eigenvalue weighted by molar-refractivity contribution is 4.72. The minimum atomic E-state index is 0.464. The average Bonchev–Trinajstić information content (AvgIpc) is 2.03. The van der Waals surface area contributed by atoms with Crippen molar-refractivity contribution >= 4 is 0 Å². The lowest BCUT2D eigenvalue weighted by Gasteiger charge is -2.20. The number of nitrogens with zero attached hydrogens (tertiary/aromatic N) is 2. The molecule has 70 valence electrons. The van der Waals surface area contributed by atoms with Gasteiger partial charge in [0, 0.05) is 6.04 Å². The van der Waals surface area contributed by atoms with E-state index in [1.807, 2.05) is 0 Å². The molecule has 0 radical (unpaired) electrons. The van der Waals surface area contributed by atoms with Gasteiger partial charge in [0.05, 0.1) is 12.6 Å². The van der Waals surface area contributed by atoms with Crippen LogP contribution in [-0.4, -0.2) is 37.6 Å². The van der Waals surface area contributed by atoms with Gasteiger partial charge in [0.1, 0.15) is 0 Å². The van der Waals surface area contributed by atoms with Crippen LogP contribution in [0.15, 0.2) is 0 Å². The second kappa shape index (κ2) is 7.08. The molecule has 3 heteroatoms. The molecule has 0 saturated carbocycles. The highest BCUT2D eigenvalue weighted by Crippen LogP contribution is 1.93. The second-order valence-corrected chi connectivity index (χ2v) is 3.26. The van der Waals surface area contributed by atoms with Crippen LogP contribution in [0.3, 0.4) is 0 Å². The van der Waals surface area contributed by atoms with E-state index >= 15 is 0 Å². The van der Waals surface area contributed by atoms with E-state index < -0.39 is 0 Å². The molecule has 0 heterocycles. The number of nitrogens with one attached hydrogen (secondary N) is 1. The van der Waals surface area contributed by atoms with Crippen molar-refractivity contribution in [1.82, 2.24) is 10.2 Å². The van der Waals surface area contributed by atoms with Gasteiger partial charge in [0.2, 0.25) is 0 Å². The van der Waals surface area contributed by atoms with Crippen LogP contribution in [0.25, 0.3) is 0 Å². The number of hydrogen-bond acceptors (Lipinski definition) is 3. The third-order valence-corrected chi connectivity index (χ3v) is 1.95. The number of rotatable bonds is 6. The smallest absolute Gasteiger partial charge is 0.0840 e. The largest absolute Gasteiger partial charge is 0.304 e. The van der Waals surface area contributed by atoms with Crippen molar-refractivity contribution in [2.45, 2.75) is 26.3 Å². The molecule has 0 spiro atoms. The average molecular weight is 169 g/mol. The maximum absolute atomic E-state index is 8.24. The van der Waals surface area contributed by atoms with Crippen LogP contribution in [0.4, 0.5) is 0 Å². The molecular formula is C9H19N3. The van der Waals surface area contributed by atoms with Gasteiger partial charge >= 0.3 is 0 Å². The predicted molar refractivity (Wildman–Crippen MR) is 50.9 cm³/mol. The Morgan fingerprint density at radius 1 is 1.50 bits per heavy atom. The molecule has 3 nitrogen and oxygen atoms in total. The zero-order valence-electron chi connectivity index (χ0n) is 8.30. The van der Waals surface area contributed by atoms with E-state index in [1.54, 1.807) is 0 Å². The van der Waals surface area contributed by atoms with Crippen molar-refractivity contribution in [2.75, 3.05) is 26.7 Å². The fraction of sp³-hybridized carbons (Fsp3) is 0.889. The first kappa shape index (κ1) is 11.4. The Morgan fingerprint density at radius 2 is 2.17 bits per heavy atom. The summed E-state index contributed by atoms with van der Waals surface area (Å²) in [5.41, 5.74) is 0. The van der Waals surface area contributed by atoms with E-state index in [9.17, 15) is 0 Å². The van der Waals surface area contributed by atoms with Crippen LogP contribution >= 0.6 is 0 Å². The highest BCUT2D eigenvalue weighted by Gasteiger charge is 2.00. The summed E-state index contributed by atoms with van der Waals surface area (Å²) in [6.45, 7) is 6.86. The molecule has 0 fully saturated rings. The van der Waals surface area contributed by atoms with Crippen molar-refractivity contribution in [3.8, 4) is 6.07 Å². The first-order valence-corrected chi connectivity index (χ1v) is 4.46. The molecule has 0 atom stereocenters. The van der Waals surface area contributed by atoms with Gasteiger partial charge in [0.15, 0.2) is 0 Å². The van der Waals surface area contributed by atoms with Crippen molar-refractivity contribution in [3.05, 3.63) is 0 Å². The Balaban J connectivity index is 3.15. The van der Waals surface area contributed by atoms with Crippen molar-refractivity contribution in [1.29, 1.82) is 5.26 Å². The zero-order chi connectivity index (χ0) is 9.40. The normalized spacial score (nSPS) is 10.7.